The zero-order valence-corrected chi connectivity index (χ0v) is 17.8. The van der Waals surface area contributed by atoms with Gasteiger partial charge in [-0.15, -0.1) is 0 Å². The Bertz CT molecular complexity index is 954. The lowest BCUT2D eigenvalue weighted by molar-refractivity contribution is -0.123. The second-order valence-electron chi connectivity index (χ2n) is 8.98. The normalized spacial score (nSPS) is 25.1. The number of aromatic nitrogens is 2. The van der Waals surface area contributed by atoms with Crippen LogP contribution in [0.1, 0.15) is 38.2 Å². The minimum Gasteiger partial charge on any atom is -0.367 e. The molecule has 30 heavy (non-hydrogen) atoms. The van der Waals surface area contributed by atoms with Gasteiger partial charge in [-0.25, -0.2) is 0 Å². The van der Waals surface area contributed by atoms with Crippen molar-refractivity contribution in [3.63, 3.8) is 0 Å². The van der Waals surface area contributed by atoms with Gasteiger partial charge in [0.1, 0.15) is 17.1 Å². The smallest absolute Gasteiger partial charge is 0.220 e. The van der Waals surface area contributed by atoms with Crippen molar-refractivity contribution in [1.82, 2.24) is 20.2 Å². The van der Waals surface area contributed by atoms with Crippen molar-refractivity contribution in [2.45, 2.75) is 38.6 Å². The molecule has 1 N–H and O–H groups in total. The monoisotopic (exact) mass is 406 g/mol. The molecule has 1 unspecified atom stereocenters. The Kier molecular flexibility index (Phi) is 6.14. The van der Waals surface area contributed by atoms with E-state index in [-0.39, 0.29) is 11.9 Å². The number of hydrogen-bond acceptors (Lipinski definition) is 6. The van der Waals surface area contributed by atoms with Gasteiger partial charge in [0.15, 0.2) is 0 Å². The molecule has 0 bridgehead atoms. The molecule has 158 valence electrons. The zero-order chi connectivity index (χ0) is 21.1. The molecule has 3 heterocycles. The summed E-state index contributed by atoms with van der Waals surface area (Å²) in [5, 5.41) is 12.7. The van der Waals surface area contributed by atoms with Crippen LogP contribution < -0.4 is 10.2 Å². The maximum atomic E-state index is 12.7. The highest BCUT2D eigenvalue weighted by Crippen LogP contribution is 2.30. The standard InChI is InChI=1S/C23H30N6O/c1-16-10-19(27-21(30)11-17-4-3-9-28(2)14-17)15-29(13-16)20-6-5-18(12-24)22-23(20)26-8-7-25-22/h5-8,16-17,19H,3-4,9-11,13-15H2,1-2H3,(H,27,30)/t16-,17?,19+/m0/s1. The summed E-state index contributed by atoms with van der Waals surface area (Å²) in [5.74, 6) is 1.07. The minimum atomic E-state index is 0.116. The molecule has 2 fully saturated rings. The molecule has 1 amide bonds. The van der Waals surface area contributed by atoms with Crippen LogP contribution in [0.25, 0.3) is 11.0 Å². The Hall–Kier alpha value is -2.72. The summed E-state index contributed by atoms with van der Waals surface area (Å²) >= 11 is 0. The maximum Gasteiger partial charge on any atom is 0.220 e. The summed E-state index contributed by atoms with van der Waals surface area (Å²) in [6.07, 6.45) is 7.20. The molecule has 0 saturated carbocycles. The van der Waals surface area contributed by atoms with Gasteiger partial charge in [-0.3, -0.25) is 14.8 Å². The summed E-state index contributed by atoms with van der Waals surface area (Å²) in [5.41, 5.74) is 2.91. The molecule has 2 aliphatic rings. The third-order valence-corrected chi connectivity index (χ3v) is 6.29. The van der Waals surface area contributed by atoms with E-state index in [2.05, 4.69) is 45.1 Å². The number of piperidine rings is 2. The summed E-state index contributed by atoms with van der Waals surface area (Å²) in [6.45, 7) is 6.01. The van der Waals surface area contributed by atoms with Crippen molar-refractivity contribution >= 4 is 22.6 Å². The summed E-state index contributed by atoms with van der Waals surface area (Å²) in [4.78, 5) is 26.2. The Morgan fingerprint density at radius 3 is 2.80 bits per heavy atom. The molecule has 2 aromatic rings. The lowest BCUT2D eigenvalue weighted by Crippen LogP contribution is -2.51. The Morgan fingerprint density at radius 2 is 2.03 bits per heavy atom. The third kappa shape index (κ3) is 4.54. The quantitative estimate of drug-likeness (QED) is 0.840. The zero-order valence-electron chi connectivity index (χ0n) is 17.8. The molecule has 2 aliphatic heterocycles. The van der Waals surface area contributed by atoms with Crippen molar-refractivity contribution in [2.24, 2.45) is 11.8 Å². The number of fused-ring (bicyclic) bond motifs is 1. The molecule has 3 atom stereocenters. The first kappa shape index (κ1) is 20.5. The van der Waals surface area contributed by atoms with E-state index >= 15 is 0 Å². The number of hydrogen-bond donors (Lipinski definition) is 1. The first-order chi connectivity index (χ1) is 14.5. The highest BCUT2D eigenvalue weighted by Gasteiger charge is 2.29. The van der Waals surface area contributed by atoms with Gasteiger partial charge in [0.2, 0.25) is 5.91 Å². The highest BCUT2D eigenvalue weighted by atomic mass is 16.1. The van der Waals surface area contributed by atoms with Gasteiger partial charge < -0.3 is 15.1 Å². The van der Waals surface area contributed by atoms with Crippen molar-refractivity contribution in [3.8, 4) is 6.07 Å². The average Bonchev–Trinajstić information content (AvgIpc) is 2.72. The minimum absolute atomic E-state index is 0.116. The Labute approximate surface area is 178 Å². The van der Waals surface area contributed by atoms with E-state index < -0.39 is 0 Å². The SMILES string of the molecule is C[C@H]1C[C@@H](NC(=O)CC2CCCN(C)C2)CN(c2ccc(C#N)c3nccnc23)C1. The predicted octanol–water partition coefficient (Wildman–Crippen LogP) is 2.56. The highest BCUT2D eigenvalue weighted by molar-refractivity contribution is 5.92. The van der Waals surface area contributed by atoms with Gasteiger partial charge in [-0.2, -0.15) is 5.26 Å². The molecule has 4 rings (SSSR count). The third-order valence-electron chi connectivity index (χ3n) is 6.29. The second kappa shape index (κ2) is 8.97. The van der Waals surface area contributed by atoms with Crippen LogP contribution in [0.5, 0.6) is 0 Å². The van der Waals surface area contributed by atoms with Gasteiger partial charge in [-0.05, 0) is 56.8 Å². The molecule has 0 radical (unpaired) electrons. The van der Waals surface area contributed by atoms with Crippen molar-refractivity contribution in [3.05, 3.63) is 30.1 Å². The van der Waals surface area contributed by atoms with Gasteiger partial charge in [-0.1, -0.05) is 6.92 Å². The van der Waals surface area contributed by atoms with Gasteiger partial charge in [0, 0.05) is 44.5 Å². The number of carbonyl (C=O) groups is 1. The molecule has 7 nitrogen and oxygen atoms in total. The number of likely N-dealkylation sites (tertiary alicyclic amines) is 1. The van der Waals surface area contributed by atoms with Crippen LogP contribution in [-0.2, 0) is 4.79 Å². The van der Waals surface area contributed by atoms with Gasteiger partial charge >= 0.3 is 0 Å². The average molecular weight is 407 g/mol. The van der Waals surface area contributed by atoms with Crippen LogP contribution in [-0.4, -0.2) is 60.0 Å². The number of benzene rings is 1. The molecule has 2 saturated heterocycles. The summed E-state index contributed by atoms with van der Waals surface area (Å²) in [6, 6.07) is 6.10. The number of nitrogens with one attached hydrogen (secondary N) is 1. The van der Waals surface area contributed by atoms with E-state index in [1.807, 2.05) is 12.1 Å². The first-order valence-corrected chi connectivity index (χ1v) is 10.9. The molecule has 1 aromatic carbocycles. The van der Waals surface area contributed by atoms with Crippen LogP contribution in [0.2, 0.25) is 0 Å². The fourth-order valence-electron chi connectivity index (χ4n) is 5.03. The molecule has 1 aromatic heterocycles. The van der Waals surface area contributed by atoms with Crippen LogP contribution in [0.4, 0.5) is 5.69 Å². The second-order valence-corrected chi connectivity index (χ2v) is 8.98. The summed E-state index contributed by atoms with van der Waals surface area (Å²) < 4.78 is 0. The molecule has 7 heteroatoms. The first-order valence-electron chi connectivity index (χ1n) is 10.9. The van der Waals surface area contributed by atoms with Gasteiger partial charge in [0.25, 0.3) is 0 Å². The van der Waals surface area contributed by atoms with E-state index in [0.717, 1.165) is 50.2 Å². The van der Waals surface area contributed by atoms with Crippen molar-refractivity contribution < 1.29 is 4.79 Å². The molecule has 0 spiro atoms. The van der Waals surface area contributed by atoms with Crippen LogP contribution in [0.3, 0.4) is 0 Å². The van der Waals surface area contributed by atoms with E-state index in [9.17, 15) is 10.1 Å². The Balaban J connectivity index is 1.47. The number of rotatable bonds is 4. The lowest BCUT2D eigenvalue weighted by Gasteiger charge is -2.38. The van der Waals surface area contributed by atoms with Crippen molar-refractivity contribution in [2.75, 3.05) is 38.1 Å². The van der Waals surface area contributed by atoms with E-state index in [4.69, 9.17) is 0 Å². The van der Waals surface area contributed by atoms with Crippen molar-refractivity contribution in [1.29, 1.82) is 5.26 Å². The number of amides is 1. The van der Waals surface area contributed by atoms with Crippen LogP contribution in [0, 0.1) is 23.2 Å². The number of carbonyl (C=O) groups excluding carboxylic acids is 1. The molecular weight excluding hydrogens is 376 g/mol. The fraction of sp³-hybridized carbons (Fsp3) is 0.565. The van der Waals surface area contributed by atoms with E-state index in [1.54, 1.807) is 12.4 Å². The lowest BCUT2D eigenvalue weighted by atomic mass is 9.93. The maximum absolute atomic E-state index is 12.7. The van der Waals surface area contributed by atoms with E-state index in [0.29, 0.717) is 29.3 Å². The molecule has 0 aliphatic carbocycles. The van der Waals surface area contributed by atoms with Gasteiger partial charge in [0.05, 0.1) is 11.3 Å². The fourth-order valence-corrected chi connectivity index (χ4v) is 5.03. The number of nitrogens with zero attached hydrogens (tertiary/aromatic N) is 5. The number of anilines is 1. The van der Waals surface area contributed by atoms with Crippen LogP contribution >= 0.6 is 0 Å². The Morgan fingerprint density at radius 1 is 1.23 bits per heavy atom. The summed E-state index contributed by atoms with van der Waals surface area (Å²) in [7, 11) is 2.13. The predicted molar refractivity (Wildman–Crippen MR) is 117 cm³/mol. The number of nitriles is 1. The largest absolute Gasteiger partial charge is 0.367 e. The van der Waals surface area contributed by atoms with E-state index in [1.165, 1.54) is 6.42 Å². The molecular formula is C23H30N6O. The van der Waals surface area contributed by atoms with Crippen LogP contribution in [0.15, 0.2) is 24.5 Å². The topological polar surface area (TPSA) is 85.2 Å².